The molecule has 2 aromatic heterocycles. The minimum absolute atomic E-state index is 0.00983. The van der Waals surface area contributed by atoms with Crippen LogP contribution < -0.4 is 10.6 Å². The molecule has 2 N–H and O–H groups in total. The lowest BCUT2D eigenvalue weighted by molar-refractivity contribution is 0.0511. The van der Waals surface area contributed by atoms with Crippen LogP contribution in [0.25, 0.3) is 0 Å². The Balaban J connectivity index is 1.70. The molecule has 27 heavy (non-hydrogen) atoms. The molecule has 1 amide bonds. The second-order valence-electron chi connectivity index (χ2n) is 7.56. The molecule has 1 aliphatic rings. The van der Waals surface area contributed by atoms with Crippen molar-refractivity contribution in [2.24, 2.45) is 5.41 Å². The first-order valence-corrected chi connectivity index (χ1v) is 9.59. The van der Waals surface area contributed by atoms with Gasteiger partial charge >= 0.3 is 0 Å². The molecule has 0 bridgehead atoms. The number of hydrogen-bond acceptors (Lipinski definition) is 4. The van der Waals surface area contributed by atoms with E-state index in [2.05, 4.69) is 20.2 Å². The summed E-state index contributed by atoms with van der Waals surface area (Å²) in [6.45, 7) is 7.96. The number of pyridine rings is 1. The Morgan fingerprint density at radius 2 is 2.11 bits per heavy atom. The topological polar surface area (TPSA) is 68.2 Å². The monoisotopic (exact) mass is 370 g/mol. The van der Waals surface area contributed by atoms with Crippen LogP contribution in [-0.2, 0) is 11.3 Å². The van der Waals surface area contributed by atoms with Crippen molar-refractivity contribution in [1.29, 1.82) is 0 Å². The van der Waals surface area contributed by atoms with Crippen LogP contribution >= 0.6 is 0 Å². The highest BCUT2D eigenvalue weighted by atomic mass is 16.5. The summed E-state index contributed by atoms with van der Waals surface area (Å²) in [4.78, 5) is 17.3. The molecular weight excluding hydrogens is 340 g/mol. The average Bonchev–Trinajstić information content (AvgIpc) is 2.96. The largest absolute Gasteiger partial charge is 0.384 e. The number of nitrogens with one attached hydrogen (secondary N) is 2. The van der Waals surface area contributed by atoms with Crippen molar-refractivity contribution in [3.63, 3.8) is 0 Å². The van der Waals surface area contributed by atoms with Crippen LogP contribution in [0.2, 0.25) is 0 Å². The number of hydrogen-bond donors (Lipinski definition) is 2. The first-order valence-electron chi connectivity index (χ1n) is 9.59. The van der Waals surface area contributed by atoms with Gasteiger partial charge in [0.1, 0.15) is 0 Å². The van der Waals surface area contributed by atoms with Crippen molar-refractivity contribution in [2.45, 2.75) is 33.2 Å². The third-order valence-corrected chi connectivity index (χ3v) is 5.60. The van der Waals surface area contributed by atoms with Gasteiger partial charge in [-0.3, -0.25) is 9.78 Å². The van der Waals surface area contributed by atoms with E-state index in [0.717, 1.165) is 48.6 Å². The Hall–Kier alpha value is -2.18. The summed E-state index contributed by atoms with van der Waals surface area (Å²) < 4.78 is 7.59. The van der Waals surface area contributed by atoms with Gasteiger partial charge in [0.05, 0.1) is 24.4 Å². The van der Waals surface area contributed by atoms with Crippen LogP contribution in [0.4, 0.5) is 0 Å². The molecule has 0 unspecified atom stereocenters. The van der Waals surface area contributed by atoms with E-state index in [-0.39, 0.29) is 11.3 Å². The number of ether oxygens (including phenoxy) is 1. The molecule has 0 spiro atoms. The summed E-state index contributed by atoms with van der Waals surface area (Å²) in [7, 11) is 1.73. The fourth-order valence-electron chi connectivity index (χ4n) is 3.93. The van der Waals surface area contributed by atoms with Gasteiger partial charge in [0, 0.05) is 36.7 Å². The van der Waals surface area contributed by atoms with E-state index in [9.17, 15) is 4.79 Å². The number of nitrogens with zero attached hydrogens (tertiary/aromatic N) is 2. The second-order valence-corrected chi connectivity index (χ2v) is 7.56. The predicted octanol–water partition coefficient (Wildman–Crippen LogP) is 2.29. The Labute approximate surface area is 161 Å². The van der Waals surface area contributed by atoms with Gasteiger partial charge in [-0.1, -0.05) is 6.07 Å². The van der Waals surface area contributed by atoms with Gasteiger partial charge in [-0.05, 0) is 58.0 Å². The van der Waals surface area contributed by atoms with Crippen LogP contribution in [0.1, 0.15) is 40.3 Å². The van der Waals surface area contributed by atoms with Gasteiger partial charge in [-0.25, -0.2) is 0 Å². The third kappa shape index (κ3) is 4.57. The van der Waals surface area contributed by atoms with Crippen molar-refractivity contribution < 1.29 is 9.53 Å². The molecular formula is C21H30N4O2. The summed E-state index contributed by atoms with van der Waals surface area (Å²) in [5, 5.41) is 6.55. The van der Waals surface area contributed by atoms with E-state index in [1.807, 2.05) is 38.1 Å². The van der Waals surface area contributed by atoms with Gasteiger partial charge in [-0.2, -0.15) is 0 Å². The number of methoxy groups -OCH3 is 1. The SMILES string of the molecule is COCC1(CNC(=O)c2cc(C)n(Cc3ccccn3)c2C)CCNCC1. The number of amides is 1. The number of carbonyl (C=O) groups excluding carboxylic acids is 1. The molecule has 0 aromatic carbocycles. The lowest BCUT2D eigenvalue weighted by Crippen LogP contribution is -2.47. The Morgan fingerprint density at radius 1 is 1.33 bits per heavy atom. The summed E-state index contributed by atoms with van der Waals surface area (Å²) in [6, 6.07) is 7.87. The maximum absolute atomic E-state index is 12.9. The van der Waals surface area contributed by atoms with E-state index in [1.165, 1.54) is 0 Å². The molecule has 1 aliphatic heterocycles. The lowest BCUT2D eigenvalue weighted by Gasteiger charge is -2.37. The molecule has 3 rings (SSSR count). The minimum Gasteiger partial charge on any atom is -0.384 e. The quantitative estimate of drug-likeness (QED) is 0.785. The summed E-state index contributed by atoms with van der Waals surface area (Å²) in [5.74, 6) is -0.00983. The van der Waals surface area contributed by atoms with Crippen LogP contribution in [0, 0.1) is 19.3 Å². The molecule has 146 valence electrons. The number of carbonyl (C=O) groups is 1. The minimum atomic E-state index is -0.00983. The zero-order chi connectivity index (χ0) is 19.3. The first-order chi connectivity index (χ1) is 13.0. The van der Waals surface area contributed by atoms with E-state index >= 15 is 0 Å². The predicted molar refractivity (Wildman–Crippen MR) is 106 cm³/mol. The number of aromatic nitrogens is 2. The zero-order valence-corrected chi connectivity index (χ0v) is 16.5. The van der Waals surface area contributed by atoms with Gasteiger partial charge in [-0.15, -0.1) is 0 Å². The number of piperidine rings is 1. The van der Waals surface area contributed by atoms with E-state index in [1.54, 1.807) is 13.3 Å². The Morgan fingerprint density at radius 3 is 2.78 bits per heavy atom. The molecule has 0 atom stereocenters. The molecule has 0 aliphatic carbocycles. The van der Waals surface area contributed by atoms with Crippen LogP contribution in [0.5, 0.6) is 0 Å². The van der Waals surface area contributed by atoms with E-state index in [0.29, 0.717) is 19.7 Å². The number of aryl methyl sites for hydroxylation is 1. The molecule has 3 heterocycles. The fourth-order valence-corrected chi connectivity index (χ4v) is 3.93. The fraction of sp³-hybridized carbons (Fsp3) is 0.524. The maximum Gasteiger partial charge on any atom is 0.253 e. The van der Waals surface area contributed by atoms with Crippen LogP contribution in [-0.4, -0.2) is 48.8 Å². The Kier molecular flexibility index (Phi) is 6.29. The van der Waals surface area contributed by atoms with Gasteiger partial charge < -0.3 is 19.9 Å². The summed E-state index contributed by atoms with van der Waals surface area (Å²) in [5.41, 5.74) is 3.79. The first kappa shape index (κ1) is 19.6. The van der Waals surface area contributed by atoms with Gasteiger partial charge in [0.15, 0.2) is 0 Å². The average molecular weight is 370 g/mol. The molecule has 0 saturated carbocycles. The molecule has 6 nitrogen and oxygen atoms in total. The van der Waals surface area contributed by atoms with Crippen molar-refractivity contribution in [1.82, 2.24) is 20.2 Å². The van der Waals surface area contributed by atoms with Crippen molar-refractivity contribution in [3.05, 3.63) is 53.1 Å². The van der Waals surface area contributed by atoms with E-state index in [4.69, 9.17) is 4.74 Å². The van der Waals surface area contributed by atoms with Gasteiger partial charge in [0.2, 0.25) is 0 Å². The number of rotatable bonds is 7. The van der Waals surface area contributed by atoms with Crippen molar-refractivity contribution in [2.75, 3.05) is 33.4 Å². The highest BCUT2D eigenvalue weighted by Crippen LogP contribution is 2.28. The third-order valence-electron chi connectivity index (χ3n) is 5.60. The molecule has 6 heteroatoms. The van der Waals surface area contributed by atoms with Crippen LogP contribution in [0.3, 0.4) is 0 Å². The van der Waals surface area contributed by atoms with Crippen LogP contribution in [0.15, 0.2) is 30.5 Å². The smallest absolute Gasteiger partial charge is 0.253 e. The molecule has 0 radical (unpaired) electrons. The normalized spacial score (nSPS) is 16.3. The highest BCUT2D eigenvalue weighted by Gasteiger charge is 2.32. The summed E-state index contributed by atoms with van der Waals surface area (Å²) in [6.07, 6.45) is 3.82. The zero-order valence-electron chi connectivity index (χ0n) is 16.5. The molecule has 1 fully saturated rings. The highest BCUT2D eigenvalue weighted by molar-refractivity contribution is 5.95. The Bertz CT molecular complexity index is 758. The molecule has 1 saturated heterocycles. The van der Waals surface area contributed by atoms with Crippen molar-refractivity contribution >= 4 is 5.91 Å². The second kappa shape index (κ2) is 8.67. The van der Waals surface area contributed by atoms with Crippen molar-refractivity contribution in [3.8, 4) is 0 Å². The standard InChI is InChI=1S/C21H30N4O2/c1-16-12-19(17(2)25(16)13-18-6-4-5-9-23-18)20(26)24-14-21(15-27-3)7-10-22-11-8-21/h4-6,9,12,22H,7-8,10-11,13-15H2,1-3H3,(H,24,26). The van der Waals surface area contributed by atoms with E-state index < -0.39 is 0 Å². The maximum atomic E-state index is 12.9. The van der Waals surface area contributed by atoms with Gasteiger partial charge in [0.25, 0.3) is 5.91 Å². The lowest BCUT2D eigenvalue weighted by atomic mass is 9.79. The molecule has 2 aromatic rings. The summed E-state index contributed by atoms with van der Waals surface area (Å²) >= 11 is 0.